The fraction of sp³-hybridized carbons (Fsp3) is 0.0667. The van der Waals surface area contributed by atoms with Crippen LogP contribution in [-0.4, -0.2) is 11.7 Å². The van der Waals surface area contributed by atoms with Gasteiger partial charge in [-0.25, -0.2) is 4.39 Å². The molecule has 6 heteroatoms. The van der Waals surface area contributed by atoms with Crippen LogP contribution in [0.5, 0.6) is 0 Å². The lowest BCUT2D eigenvalue weighted by molar-refractivity contribution is -0.114. The van der Waals surface area contributed by atoms with Gasteiger partial charge in [-0.1, -0.05) is 23.7 Å². The van der Waals surface area contributed by atoms with Crippen LogP contribution in [0, 0.1) is 5.82 Å². The molecule has 0 aromatic heterocycles. The highest BCUT2D eigenvalue weighted by molar-refractivity contribution is 9.10. The van der Waals surface area contributed by atoms with Crippen LogP contribution in [-0.2, 0) is 11.3 Å². The molecule has 1 amide bonds. The van der Waals surface area contributed by atoms with E-state index >= 15 is 0 Å². The third-order valence-corrected chi connectivity index (χ3v) is 4.34. The molecule has 0 saturated carbocycles. The Morgan fingerprint density at radius 3 is 2.57 bits per heavy atom. The van der Waals surface area contributed by atoms with Gasteiger partial charge in [0.15, 0.2) is 0 Å². The first-order valence-electron chi connectivity index (χ1n) is 6.08. The Morgan fingerprint density at radius 2 is 1.86 bits per heavy atom. The maximum absolute atomic E-state index is 13.9. The molecule has 0 bridgehead atoms. The van der Waals surface area contributed by atoms with Gasteiger partial charge in [0, 0.05) is 15.1 Å². The highest BCUT2D eigenvalue weighted by Crippen LogP contribution is 2.36. The first kappa shape index (κ1) is 14.2. The normalized spacial score (nSPS) is 13.8. The number of nitrogens with zero attached hydrogens (tertiary/aromatic N) is 1. The first-order chi connectivity index (χ1) is 10.0. The van der Waals surface area contributed by atoms with Gasteiger partial charge in [0.25, 0.3) is 11.7 Å². The van der Waals surface area contributed by atoms with Gasteiger partial charge < -0.3 is 4.90 Å². The average molecular weight is 369 g/mol. The number of ketones is 1. The van der Waals surface area contributed by atoms with E-state index in [0.29, 0.717) is 15.7 Å². The summed E-state index contributed by atoms with van der Waals surface area (Å²) in [6, 6.07) is 9.35. The number of Topliss-reactive ketones (excluding diaryl/α,β-unsaturated/α-hetero) is 1. The van der Waals surface area contributed by atoms with Crippen molar-refractivity contribution in [1.29, 1.82) is 0 Å². The van der Waals surface area contributed by atoms with Gasteiger partial charge in [-0.15, -0.1) is 0 Å². The molecule has 1 aliphatic rings. The molecule has 21 heavy (non-hydrogen) atoms. The Balaban J connectivity index is 2.07. The standard InChI is InChI=1S/C15H8BrClFNO2/c16-9-3-1-6-12-13(9)14(20)15(21)19(12)7-8-10(17)4-2-5-11(8)18/h1-6H,7H2. The molecule has 0 N–H and O–H groups in total. The van der Waals surface area contributed by atoms with E-state index in [4.69, 9.17) is 11.6 Å². The molecule has 3 rings (SSSR count). The number of anilines is 1. The lowest BCUT2D eigenvalue weighted by Gasteiger charge is -2.17. The Hall–Kier alpha value is -1.72. The molecular formula is C15H8BrClFNO2. The largest absolute Gasteiger partial charge is 0.300 e. The van der Waals surface area contributed by atoms with Crippen molar-refractivity contribution in [3.63, 3.8) is 0 Å². The summed E-state index contributed by atoms with van der Waals surface area (Å²) in [5.41, 5.74) is 0.946. The van der Waals surface area contributed by atoms with Gasteiger partial charge in [-0.2, -0.15) is 0 Å². The zero-order valence-corrected chi connectivity index (χ0v) is 12.9. The highest BCUT2D eigenvalue weighted by atomic mass is 79.9. The summed E-state index contributed by atoms with van der Waals surface area (Å²) in [4.78, 5) is 25.4. The summed E-state index contributed by atoms with van der Waals surface area (Å²) in [7, 11) is 0. The topological polar surface area (TPSA) is 37.4 Å². The van der Waals surface area contributed by atoms with E-state index in [1.165, 1.54) is 17.0 Å². The lowest BCUT2D eigenvalue weighted by Crippen LogP contribution is -2.29. The summed E-state index contributed by atoms with van der Waals surface area (Å²) >= 11 is 9.24. The first-order valence-corrected chi connectivity index (χ1v) is 7.25. The Bertz CT molecular complexity index is 758. The zero-order chi connectivity index (χ0) is 15.1. The van der Waals surface area contributed by atoms with Crippen molar-refractivity contribution in [3.8, 4) is 0 Å². The molecule has 0 radical (unpaired) electrons. The van der Waals surface area contributed by atoms with E-state index in [-0.39, 0.29) is 17.1 Å². The second-order valence-corrected chi connectivity index (χ2v) is 5.82. The van der Waals surface area contributed by atoms with Crippen LogP contribution in [0.3, 0.4) is 0 Å². The molecule has 0 saturated heterocycles. The second-order valence-electron chi connectivity index (χ2n) is 4.55. The van der Waals surface area contributed by atoms with E-state index in [1.807, 2.05) is 0 Å². The van der Waals surface area contributed by atoms with Crippen molar-refractivity contribution < 1.29 is 14.0 Å². The van der Waals surface area contributed by atoms with Crippen molar-refractivity contribution in [2.24, 2.45) is 0 Å². The summed E-state index contributed by atoms with van der Waals surface area (Å²) in [5.74, 6) is -1.80. The van der Waals surface area contributed by atoms with Crippen LogP contribution in [0.2, 0.25) is 5.02 Å². The van der Waals surface area contributed by atoms with Gasteiger partial charge in [-0.3, -0.25) is 9.59 Å². The van der Waals surface area contributed by atoms with E-state index in [2.05, 4.69) is 15.9 Å². The van der Waals surface area contributed by atoms with E-state index in [0.717, 1.165) is 0 Å². The summed E-state index contributed by atoms with van der Waals surface area (Å²) in [5, 5.41) is 0.221. The maximum atomic E-state index is 13.9. The van der Waals surface area contributed by atoms with Crippen LogP contribution in [0.25, 0.3) is 0 Å². The number of fused-ring (bicyclic) bond motifs is 1. The van der Waals surface area contributed by atoms with Crippen LogP contribution in [0.1, 0.15) is 15.9 Å². The van der Waals surface area contributed by atoms with Gasteiger partial charge in [0.2, 0.25) is 0 Å². The molecule has 0 atom stereocenters. The molecule has 106 valence electrons. The zero-order valence-electron chi connectivity index (χ0n) is 10.6. The van der Waals surface area contributed by atoms with Gasteiger partial charge >= 0.3 is 0 Å². The number of amides is 1. The predicted octanol–water partition coefficient (Wildman–Crippen LogP) is 3.97. The second kappa shape index (κ2) is 5.24. The number of rotatable bonds is 2. The number of carbonyl (C=O) groups excluding carboxylic acids is 2. The van der Waals surface area contributed by atoms with E-state index in [9.17, 15) is 14.0 Å². The predicted molar refractivity (Wildman–Crippen MR) is 81.1 cm³/mol. The third kappa shape index (κ3) is 2.26. The molecule has 0 unspecified atom stereocenters. The van der Waals surface area contributed by atoms with Gasteiger partial charge in [-0.05, 0) is 40.2 Å². The van der Waals surface area contributed by atoms with Gasteiger partial charge in [0.05, 0.1) is 17.8 Å². The van der Waals surface area contributed by atoms with Crippen LogP contribution in [0.4, 0.5) is 10.1 Å². The molecule has 3 nitrogen and oxygen atoms in total. The molecule has 1 aliphatic heterocycles. The Morgan fingerprint density at radius 1 is 1.14 bits per heavy atom. The monoisotopic (exact) mass is 367 g/mol. The molecule has 0 spiro atoms. The van der Waals surface area contributed by atoms with Gasteiger partial charge in [0.1, 0.15) is 5.82 Å². The van der Waals surface area contributed by atoms with Crippen molar-refractivity contribution in [2.75, 3.05) is 4.90 Å². The van der Waals surface area contributed by atoms with Crippen LogP contribution >= 0.6 is 27.5 Å². The Labute approximate surface area is 133 Å². The quantitative estimate of drug-likeness (QED) is 0.752. The minimum absolute atomic E-state index is 0.0838. The highest BCUT2D eigenvalue weighted by Gasteiger charge is 2.37. The van der Waals surface area contributed by atoms with E-state index < -0.39 is 17.5 Å². The number of benzene rings is 2. The molecule has 1 heterocycles. The SMILES string of the molecule is O=C1C(=O)N(Cc2c(F)cccc2Cl)c2cccc(Br)c21. The average Bonchev–Trinajstić information content (AvgIpc) is 2.68. The molecule has 0 fully saturated rings. The van der Waals surface area contributed by atoms with Crippen molar-refractivity contribution in [2.45, 2.75) is 6.54 Å². The molecular weight excluding hydrogens is 361 g/mol. The fourth-order valence-electron chi connectivity index (χ4n) is 2.30. The van der Waals surface area contributed by atoms with Crippen molar-refractivity contribution >= 4 is 44.9 Å². The summed E-state index contributed by atoms with van der Waals surface area (Å²) < 4.78 is 14.4. The summed E-state index contributed by atoms with van der Waals surface area (Å²) in [6.07, 6.45) is 0. The molecule has 0 aliphatic carbocycles. The number of hydrogen-bond donors (Lipinski definition) is 0. The number of hydrogen-bond acceptors (Lipinski definition) is 2. The van der Waals surface area contributed by atoms with Crippen LogP contribution < -0.4 is 4.90 Å². The fourth-order valence-corrected chi connectivity index (χ4v) is 3.06. The minimum atomic E-state index is -0.684. The minimum Gasteiger partial charge on any atom is -0.300 e. The van der Waals surface area contributed by atoms with Crippen molar-refractivity contribution in [3.05, 3.63) is 62.8 Å². The van der Waals surface area contributed by atoms with Crippen LogP contribution in [0.15, 0.2) is 40.9 Å². The van der Waals surface area contributed by atoms with Crippen molar-refractivity contribution in [1.82, 2.24) is 0 Å². The van der Waals surface area contributed by atoms with E-state index in [1.54, 1.807) is 24.3 Å². The number of carbonyl (C=O) groups is 2. The smallest absolute Gasteiger partial charge is 0.299 e. The maximum Gasteiger partial charge on any atom is 0.299 e. The molecule has 2 aromatic carbocycles. The number of halogens is 3. The third-order valence-electron chi connectivity index (χ3n) is 3.33. The Kier molecular flexibility index (Phi) is 3.55. The lowest BCUT2D eigenvalue weighted by atomic mass is 10.1. The molecule has 2 aromatic rings. The summed E-state index contributed by atoms with van der Waals surface area (Å²) in [6.45, 7) is -0.0838.